The first-order valence-electron chi connectivity index (χ1n) is 4.89. The molecule has 0 atom stereocenters. The second kappa shape index (κ2) is 4.63. The molecule has 0 fully saturated rings. The van der Waals surface area contributed by atoms with Gasteiger partial charge in [0.2, 0.25) is 0 Å². The zero-order chi connectivity index (χ0) is 13.2. The van der Waals surface area contributed by atoms with Crippen molar-refractivity contribution in [3.05, 3.63) is 30.3 Å². The predicted molar refractivity (Wildman–Crippen MR) is 64.1 cm³/mol. The molecule has 0 saturated carbocycles. The van der Waals surface area contributed by atoms with Crippen LogP contribution in [0.25, 0.3) is 0 Å². The Bertz CT molecular complexity index is 652. The Kier molecular flexibility index (Phi) is 3.17. The van der Waals surface area contributed by atoms with Crippen LogP contribution in [0.1, 0.15) is 5.69 Å². The highest BCUT2D eigenvalue weighted by Crippen LogP contribution is 2.16. The first-order chi connectivity index (χ1) is 8.51. The summed E-state index contributed by atoms with van der Waals surface area (Å²) in [6, 6.07) is 2.53. The highest BCUT2D eigenvalue weighted by molar-refractivity contribution is 7.92. The molecule has 2 aromatic rings. The highest BCUT2D eigenvalue weighted by atomic mass is 32.2. The van der Waals surface area contributed by atoms with Crippen molar-refractivity contribution in [3.63, 3.8) is 0 Å². The van der Waals surface area contributed by atoms with E-state index in [9.17, 15) is 8.42 Å². The van der Waals surface area contributed by atoms with Gasteiger partial charge in [0.05, 0.1) is 10.6 Å². The summed E-state index contributed by atoms with van der Waals surface area (Å²) < 4.78 is 31.1. The number of rotatable bonds is 4. The van der Waals surface area contributed by atoms with Gasteiger partial charge in [0.25, 0.3) is 10.0 Å². The molecule has 2 rings (SSSR count). The topological polar surface area (TPSA) is 123 Å². The molecule has 2 heterocycles. The summed E-state index contributed by atoms with van der Waals surface area (Å²) >= 11 is 0. The standard InChI is InChI=1S/C9H11N5O3S/c1-6-5-17-9(12-6)14-18(15,16)7-2-3-11-8(4-7)13-10/h2-5H,10H2,1H3,(H,11,13)(H,12,14). The van der Waals surface area contributed by atoms with Crippen molar-refractivity contribution < 1.29 is 12.8 Å². The molecule has 18 heavy (non-hydrogen) atoms. The van der Waals surface area contributed by atoms with E-state index in [1.54, 1.807) is 6.92 Å². The number of nitrogens with one attached hydrogen (secondary N) is 2. The molecule has 0 radical (unpaired) electrons. The van der Waals surface area contributed by atoms with Crippen LogP contribution in [0.15, 0.2) is 33.9 Å². The van der Waals surface area contributed by atoms with Gasteiger partial charge in [-0.1, -0.05) is 0 Å². The molecule has 2 aromatic heterocycles. The molecule has 0 aliphatic carbocycles. The van der Waals surface area contributed by atoms with Gasteiger partial charge in [0.15, 0.2) is 0 Å². The van der Waals surface area contributed by atoms with E-state index in [0.29, 0.717) is 5.69 Å². The summed E-state index contributed by atoms with van der Waals surface area (Å²) in [6.45, 7) is 1.68. The van der Waals surface area contributed by atoms with Crippen LogP contribution in [0.5, 0.6) is 0 Å². The van der Waals surface area contributed by atoms with E-state index in [0.717, 1.165) is 0 Å². The van der Waals surface area contributed by atoms with Gasteiger partial charge >= 0.3 is 6.01 Å². The molecule has 8 nitrogen and oxygen atoms in total. The van der Waals surface area contributed by atoms with Crippen molar-refractivity contribution in [2.75, 3.05) is 10.1 Å². The van der Waals surface area contributed by atoms with Crippen LogP contribution in [0, 0.1) is 6.92 Å². The second-order valence-electron chi connectivity index (χ2n) is 3.42. The Morgan fingerprint density at radius 2 is 2.22 bits per heavy atom. The molecule has 0 aromatic carbocycles. The molecule has 0 amide bonds. The summed E-state index contributed by atoms with van der Waals surface area (Å²) in [5, 5.41) is 0. The third-order valence-electron chi connectivity index (χ3n) is 2.03. The largest absolute Gasteiger partial charge is 0.431 e. The van der Waals surface area contributed by atoms with Crippen LogP contribution < -0.4 is 16.0 Å². The predicted octanol–water partition coefficient (Wildman–Crippen LogP) is 0.464. The first kappa shape index (κ1) is 12.3. The lowest BCUT2D eigenvalue weighted by atomic mass is 10.5. The van der Waals surface area contributed by atoms with E-state index in [1.807, 2.05) is 0 Å². The van der Waals surface area contributed by atoms with Crippen molar-refractivity contribution in [2.24, 2.45) is 5.84 Å². The third-order valence-corrected chi connectivity index (χ3v) is 3.35. The van der Waals surface area contributed by atoms with Crippen molar-refractivity contribution in [2.45, 2.75) is 11.8 Å². The maximum atomic E-state index is 12.0. The maximum Gasteiger partial charge on any atom is 0.309 e. The number of nitrogen functional groups attached to an aromatic ring is 1. The van der Waals surface area contributed by atoms with Crippen LogP contribution in [0.4, 0.5) is 11.8 Å². The molecule has 96 valence electrons. The van der Waals surface area contributed by atoms with Crippen LogP contribution in [-0.4, -0.2) is 18.4 Å². The van der Waals surface area contributed by atoms with Crippen LogP contribution in [0.2, 0.25) is 0 Å². The lowest BCUT2D eigenvalue weighted by Gasteiger charge is -2.05. The Labute approximate surface area is 103 Å². The second-order valence-corrected chi connectivity index (χ2v) is 5.10. The number of aromatic nitrogens is 2. The number of anilines is 2. The SMILES string of the molecule is Cc1coc(NS(=O)(=O)c2ccnc(NN)c2)n1. The molecule has 0 spiro atoms. The Morgan fingerprint density at radius 3 is 2.83 bits per heavy atom. The lowest BCUT2D eigenvalue weighted by Crippen LogP contribution is -2.15. The molecule has 0 saturated heterocycles. The summed E-state index contributed by atoms with van der Waals surface area (Å²) in [4.78, 5) is 7.67. The van der Waals surface area contributed by atoms with Gasteiger partial charge in [-0.3, -0.25) is 0 Å². The molecule has 0 aliphatic rings. The van der Waals surface area contributed by atoms with E-state index in [-0.39, 0.29) is 16.7 Å². The van der Waals surface area contributed by atoms with E-state index in [1.165, 1.54) is 24.6 Å². The smallest absolute Gasteiger partial charge is 0.309 e. The Balaban J connectivity index is 2.30. The van der Waals surface area contributed by atoms with Gasteiger partial charge in [-0.2, -0.15) is 4.98 Å². The molecule has 0 unspecified atom stereocenters. The average molecular weight is 269 g/mol. The Hall–Kier alpha value is -2.13. The normalized spacial score (nSPS) is 11.2. The molecule has 0 aliphatic heterocycles. The zero-order valence-corrected chi connectivity index (χ0v) is 10.2. The fourth-order valence-corrected chi connectivity index (χ4v) is 2.18. The van der Waals surface area contributed by atoms with Crippen molar-refractivity contribution in [1.29, 1.82) is 0 Å². The minimum atomic E-state index is -3.77. The number of nitrogens with two attached hydrogens (primary N) is 1. The molecular weight excluding hydrogens is 258 g/mol. The van der Waals surface area contributed by atoms with Crippen LogP contribution in [0.3, 0.4) is 0 Å². The van der Waals surface area contributed by atoms with Crippen molar-refractivity contribution >= 4 is 21.9 Å². The Morgan fingerprint density at radius 1 is 1.44 bits per heavy atom. The third kappa shape index (κ3) is 2.57. The fraction of sp³-hybridized carbons (Fsp3) is 0.111. The molecule has 4 N–H and O–H groups in total. The summed E-state index contributed by atoms with van der Waals surface area (Å²) in [5.74, 6) is 5.40. The van der Waals surface area contributed by atoms with Gasteiger partial charge in [-0.05, 0) is 13.0 Å². The van der Waals surface area contributed by atoms with Crippen LogP contribution in [-0.2, 0) is 10.0 Å². The van der Waals surface area contributed by atoms with Crippen molar-refractivity contribution in [1.82, 2.24) is 9.97 Å². The lowest BCUT2D eigenvalue weighted by molar-refractivity contribution is 0.569. The zero-order valence-electron chi connectivity index (χ0n) is 9.41. The summed E-state index contributed by atoms with van der Waals surface area (Å²) in [5.41, 5.74) is 2.84. The number of sulfonamides is 1. The van der Waals surface area contributed by atoms with Gasteiger partial charge in [-0.15, -0.1) is 0 Å². The fourth-order valence-electron chi connectivity index (χ4n) is 1.23. The summed E-state index contributed by atoms with van der Waals surface area (Å²) in [6.07, 6.45) is 2.67. The molecule has 0 bridgehead atoms. The minimum absolute atomic E-state index is 0.00121. The van der Waals surface area contributed by atoms with Gasteiger partial charge < -0.3 is 9.84 Å². The maximum absolute atomic E-state index is 12.0. The van der Waals surface area contributed by atoms with Gasteiger partial charge in [0.1, 0.15) is 12.1 Å². The van der Waals surface area contributed by atoms with E-state index >= 15 is 0 Å². The monoisotopic (exact) mass is 269 g/mol. The number of nitrogens with zero attached hydrogens (tertiary/aromatic N) is 2. The summed E-state index contributed by atoms with van der Waals surface area (Å²) in [7, 11) is -3.77. The minimum Gasteiger partial charge on any atom is -0.431 e. The number of aryl methyl sites for hydroxylation is 1. The van der Waals surface area contributed by atoms with Crippen molar-refractivity contribution in [3.8, 4) is 0 Å². The molecular formula is C9H11N5O3S. The number of pyridine rings is 1. The number of oxazole rings is 1. The van der Waals surface area contributed by atoms with E-state index in [4.69, 9.17) is 10.3 Å². The van der Waals surface area contributed by atoms with Gasteiger partial charge in [0, 0.05) is 12.3 Å². The van der Waals surface area contributed by atoms with E-state index < -0.39 is 10.0 Å². The highest BCUT2D eigenvalue weighted by Gasteiger charge is 2.17. The first-order valence-corrected chi connectivity index (χ1v) is 6.37. The number of hydrazine groups is 1. The molecule has 9 heteroatoms. The quantitative estimate of drug-likeness (QED) is 0.544. The van der Waals surface area contributed by atoms with Gasteiger partial charge in [-0.25, -0.2) is 24.0 Å². The average Bonchev–Trinajstić information content (AvgIpc) is 2.74. The van der Waals surface area contributed by atoms with E-state index in [2.05, 4.69) is 20.1 Å². The van der Waals surface area contributed by atoms with Crippen LogP contribution >= 0.6 is 0 Å². The number of hydrogen-bond donors (Lipinski definition) is 3. The number of hydrogen-bond acceptors (Lipinski definition) is 7.